The van der Waals surface area contributed by atoms with Crippen LogP contribution in [0.5, 0.6) is 5.75 Å². The van der Waals surface area contributed by atoms with Crippen LogP contribution >= 0.6 is 23.5 Å². The molecule has 31 heavy (non-hydrogen) atoms. The maximum Gasteiger partial charge on any atom is 0.231 e. The van der Waals surface area contributed by atoms with Crippen molar-refractivity contribution in [2.45, 2.75) is 26.5 Å². The van der Waals surface area contributed by atoms with Gasteiger partial charge in [0.15, 0.2) is 11.0 Å². The quantitative estimate of drug-likeness (QED) is 0.413. The number of benzene rings is 1. The van der Waals surface area contributed by atoms with Crippen LogP contribution in [0.4, 0.5) is 5.82 Å². The average molecular weight is 455 g/mol. The lowest BCUT2D eigenvalue weighted by molar-refractivity contribution is -0.115. The molecule has 1 aromatic carbocycles. The number of methoxy groups -OCH3 is 1. The summed E-state index contributed by atoms with van der Waals surface area (Å²) in [5.41, 5.74) is 0.547. The number of aryl methyl sites for hydroxylation is 1. The Balaban J connectivity index is 1.58. The Morgan fingerprint density at radius 2 is 2.16 bits per heavy atom. The van der Waals surface area contributed by atoms with Crippen LogP contribution in [0.2, 0.25) is 0 Å². The van der Waals surface area contributed by atoms with Crippen molar-refractivity contribution in [1.82, 2.24) is 34.9 Å². The van der Waals surface area contributed by atoms with Crippen molar-refractivity contribution in [1.29, 1.82) is 0 Å². The molecule has 0 radical (unpaired) electrons. The van der Waals surface area contributed by atoms with Gasteiger partial charge in [0.1, 0.15) is 22.1 Å². The third-order valence-electron chi connectivity index (χ3n) is 3.94. The predicted octanol–water partition coefficient (Wildman–Crippen LogP) is 2.82. The maximum absolute atomic E-state index is 12.6. The molecule has 158 valence electrons. The number of anilines is 1. The number of ether oxygens (including phenoxy) is 1. The van der Waals surface area contributed by atoms with Gasteiger partial charge in [-0.05, 0) is 30.0 Å². The predicted molar refractivity (Wildman–Crippen MR) is 115 cm³/mol. The second-order valence-corrected chi connectivity index (χ2v) is 8.30. The first-order chi connectivity index (χ1) is 15.1. The van der Waals surface area contributed by atoms with Crippen LogP contribution < -0.4 is 10.1 Å². The van der Waals surface area contributed by atoms with E-state index in [1.165, 1.54) is 29.9 Å². The first-order valence-electron chi connectivity index (χ1n) is 9.09. The smallest absolute Gasteiger partial charge is 0.231 e. The number of nitrogens with one attached hydrogen (secondary N) is 2. The van der Waals surface area contributed by atoms with E-state index in [4.69, 9.17) is 4.74 Å². The van der Waals surface area contributed by atoms with Crippen LogP contribution in [0.1, 0.15) is 5.69 Å². The molecule has 0 atom stereocenters. The number of hydrogen-bond acceptors (Lipinski definition) is 9. The number of aromatic nitrogens is 7. The zero-order valence-electron chi connectivity index (χ0n) is 16.6. The molecule has 4 aromatic rings. The molecule has 10 nitrogen and oxygen atoms in total. The van der Waals surface area contributed by atoms with Gasteiger partial charge in [-0.15, -0.1) is 0 Å². The van der Waals surface area contributed by atoms with Crippen molar-refractivity contribution >= 4 is 35.2 Å². The Kier molecular flexibility index (Phi) is 6.48. The first kappa shape index (κ1) is 20.9. The van der Waals surface area contributed by atoms with Crippen molar-refractivity contribution in [3.63, 3.8) is 0 Å². The second kappa shape index (κ2) is 9.62. The molecule has 1 amide bonds. The molecule has 0 aliphatic heterocycles. The number of carbonyl (C=O) groups is 1. The molecule has 0 saturated carbocycles. The van der Waals surface area contributed by atoms with Crippen LogP contribution in [0.15, 0.2) is 69.2 Å². The third-order valence-corrected chi connectivity index (χ3v) is 5.76. The van der Waals surface area contributed by atoms with Gasteiger partial charge >= 0.3 is 0 Å². The zero-order valence-corrected chi connectivity index (χ0v) is 18.3. The minimum Gasteiger partial charge on any atom is -0.497 e. The Bertz CT molecular complexity index is 1180. The van der Waals surface area contributed by atoms with Crippen molar-refractivity contribution in [2.24, 2.45) is 7.05 Å². The molecular weight excluding hydrogens is 436 g/mol. The summed E-state index contributed by atoms with van der Waals surface area (Å²) in [6.45, 7) is 0. The van der Waals surface area contributed by atoms with Crippen molar-refractivity contribution in [2.75, 3.05) is 12.4 Å². The molecule has 0 bridgehead atoms. The summed E-state index contributed by atoms with van der Waals surface area (Å²) in [6.07, 6.45) is 4.87. The molecule has 0 saturated heterocycles. The highest BCUT2D eigenvalue weighted by atomic mass is 32.2. The van der Waals surface area contributed by atoms with E-state index in [-0.39, 0.29) is 12.3 Å². The van der Waals surface area contributed by atoms with Gasteiger partial charge in [0.2, 0.25) is 5.91 Å². The summed E-state index contributed by atoms with van der Waals surface area (Å²) in [7, 11) is 3.40. The zero-order chi connectivity index (χ0) is 21.6. The van der Waals surface area contributed by atoms with Gasteiger partial charge in [-0.3, -0.25) is 14.6 Å². The number of carbonyl (C=O) groups excluding carboxylic acids is 1. The SMILES string of the molecule is COc1cccc(Sc2ncc(Sc3ncn[nH]3)nc2CC(=O)Nc2ccn(C)n2)c1. The van der Waals surface area contributed by atoms with E-state index in [0.717, 1.165) is 10.6 Å². The monoisotopic (exact) mass is 454 g/mol. The summed E-state index contributed by atoms with van der Waals surface area (Å²) < 4.78 is 6.91. The Morgan fingerprint density at radius 1 is 1.26 bits per heavy atom. The van der Waals surface area contributed by atoms with Gasteiger partial charge in [-0.2, -0.15) is 10.2 Å². The number of rotatable bonds is 8. The maximum atomic E-state index is 12.6. The summed E-state index contributed by atoms with van der Waals surface area (Å²) in [5, 5.41) is 15.4. The fraction of sp³-hybridized carbons (Fsp3) is 0.158. The fourth-order valence-electron chi connectivity index (χ4n) is 2.59. The van der Waals surface area contributed by atoms with E-state index in [0.29, 0.717) is 26.7 Å². The van der Waals surface area contributed by atoms with Crippen LogP contribution in [0.25, 0.3) is 0 Å². The number of amides is 1. The molecule has 0 spiro atoms. The highest BCUT2D eigenvalue weighted by Crippen LogP contribution is 2.32. The van der Waals surface area contributed by atoms with E-state index < -0.39 is 0 Å². The lowest BCUT2D eigenvalue weighted by Crippen LogP contribution is -2.17. The van der Waals surface area contributed by atoms with Crippen LogP contribution in [0, 0.1) is 0 Å². The number of H-pyrrole nitrogens is 1. The number of hydrogen-bond donors (Lipinski definition) is 2. The van der Waals surface area contributed by atoms with Gasteiger partial charge in [0.05, 0.1) is 25.4 Å². The first-order valence-corrected chi connectivity index (χ1v) is 10.7. The Morgan fingerprint density at radius 3 is 2.90 bits per heavy atom. The van der Waals surface area contributed by atoms with Crippen molar-refractivity contribution < 1.29 is 9.53 Å². The molecule has 0 fully saturated rings. The molecular formula is C19H18N8O2S2. The highest BCUT2D eigenvalue weighted by Gasteiger charge is 2.16. The molecule has 0 aliphatic rings. The molecule has 4 rings (SSSR count). The van der Waals surface area contributed by atoms with E-state index in [1.807, 2.05) is 24.3 Å². The van der Waals surface area contributed by atoms with Crippen LogP contribution in [0.3, 0.4) is 0 Å². The normalized spacial score (nSPS) is 10.8. The summed E-state index contributed by atoms with van der Waals surface area (Å²) in [4.78, 5) is 26.8. The van der Waals surface area contributed by atoms with Crippen molar-refractivity contribution in [3.8, 4) is 5.75 Å². The van der Waals surface area contributed by atoms with E-state index >= 15 is 0 Å². The summed E-state index contributed by atoms with van der Waals surface area (Å²) in [5.74, 6) is 0.988. The molecule has 3 aromatic heterocycles. The van der Waals surface area contributed by atoms with Gasteiger partial charge < -0.3 is 10.1 Å². The molecule has 3 heterocycles. The van der Waals surface area contributed by atoms with E-state index in [1.54, 1.807) is 37.3 Å². The lowest BCUT2D eigenvalue weighted by atomic mass is 10.3. The van der Waals surface area contributed by atoms with Gasteiger partial charge in [0.25, 0.3) is 0 Å². The minimum atomic E-state index is -0.234. The van der Waals surface area contributed by atoms with Gasteiger partial charge in [-0.25, -0.2) is 15.0 Å². The topological polar surface area (TPSA) is 124 Å². The van der Waals surface area contributed by atoms with E-state index in [2.05, 4.69) is 35.6 Å². The van der Waals surface area contributed by atoms with Crippen molar-refractivity contribution in [3.05, 3.63) is 54.7 Å². The summed E-state index contributed by atoms with van der Waals surface area (Å²) in [6, 6.07) is 9.35. The molecule has 12 heteroatoms. The summed E-state index contributed by atoms with van der Waals surface area (Å²) >= 11 is 2.70. The van der Waals surface area contributed by atoms with Gasteiger partial charge in [0, 0.05) is 24.2 Å². The Labute approximate surface area is 186 Å². The number of aromatic amines is 1. The molecule has 0 unspecified atom stereocenters. The molecule has 2 N–H and O–H groups in total. The minimum absolute atomic E-state index is 0.0423. The molecule has 0 aliphatic carbocycles. The number of nitrogens with zero attached hydrogens (tertiary/aromatic N) is 6. The van der Waals surface area contributed by atoms with E-state index in [9.17, 15) is 4.79 Å². The second-order valence-electron chi connectivity index (χ2n) is 6.23. The Hall–Kier alpha value is -3.38. The highest BCUT2D eigenvalue weighted by molar-refractivity contribution is 7.99. The third kappa shape index (κ3) is 5.61. The standard InChI is InChI=1S/C19H18N8O2S2/c1-27-7-6-15(26-27)24-16(28)9-14-18(30-13-5-3-4-12(8-13)29-2)20-10-17(23-14)31-19-21-11-22-25-19/h3-8,10-11H,9H2,1-2H3,(H,21,22,25)(H,24,26,28). The lowest BCUT2D eigenvalue weighted by Gasteiger charge is -2.10. The average Bonchev–Trinajstić information content (AvgIpc) is 3.41. The van der Waals surface area contributed by atoms with Crippen LogP contribution in [-0.2, 0) is 18.3 Å². The fourth-order valence-corrected chi connectivity index (χ4v) is 4.13. The largest absolute Gasteiger partial charge is 0.497 e. The van der Waals surface area contributed by atoms with Gasteiger partial charge in [-0.1, -0.05) is 17.8 Å². The van der Waals surface area contributed by atoms with Crippen LogP contribution in [-0.4, -0.2) is 47.9 Å².